The maximum Gasteiger partial charge on any atom is 0.191 e. The van der Waals surface area contributed by atoms with Crippen LogP contribution in [0.15, 0.2) is 4.99 Å². The summed E-state index contributed by atoms with van der Waals surface area (Å²) in [5, 5.41) is 6.58. The lowest BCUT2D eigenvalue weighted by Gasteiger charge is -2.17. The third-order valence-corrected chi connectivity index (χ3v) is 3.11. The van der Waals surface area contributed by atoms with E-state index in [-0.39, 0.29) is 0 Å². The van der Waals surface area contributed by atoms with Gasteiger partial charge in [-0.1, -0.05) is 20.8 Å². The van der Waals surface area contributed by atoms with Gasteiger partial charge in [0.2, 0.25) is 0 Å². The van der Waals surface area contributed by atoms with Gasteiger partial charge >= 0.3 is 0 Å². The van der Waals surface area contributed by atoms with Crippen LogP contribution in [0, 0.1) is 0 Å². The highest BCUT2D eigenvalue weighted by molar-refractivity contribution is 8.00. The highest BCUT2D eigenvalue weighted by Gasteiger charge is 2.12. The first kappa shape index (κ1) is 11.7. The molecule has 0 amide bonds. The lowest BCUT2D eigenvalue weighted by molar-refractivity contribution is 0.716. The van der Waals surface area contributed by atoms with Crippen molar-refractivity contribution in [1.82, 2.24) is 10.6 Å². The molecule has 1 heterocycles. The van der Waals surface area contributed by atoms with E-state index < -0.39 is 0 Å². The van der Waals surface area contributed by atoms with E-state index in [0.717, 1.165) is 24.8 Å². The molecule has 0 saturated carbocycles. The van der Waals surface area contributed by atoms with Crippen molar-refractivity contribution in [3.8, 4) is 0 Å². The van der Waals surface area contributed by atoms with Gasteiger partial charge in [0.15, 0.2) is 5.96 Å². The van der Waals surface area contributed by atoms with Crippen LogP contribution in [0.25, 0.3) is 0 Å². The Labute approximate surface area is 91.1 Å². The molecule has 1 aliphatic heterocycles. The van der Waals surface area contributed by atoms with Crippen molar-refractivity contribution in [2.75, 3.05) is 18.8 Å². The lowest BCUT2D eigenvalue weighted by atomic mass is 10.3. The molecule has 1 atom stereocenters. The van der Waals surface area contributed by atoms with E-state index in [1.165, 1.54) is 0 Å². The predicted molar refractivity (Wildman–Crippen MR) is 65.1 cm³/mol. The molecule has 0 aromatic rings. The first-order chi connectivity index (χ1) is 6.47. The number of nitrogens with zero attached hydrogens (tertiary/aromatic N) is 1. The van der Waals surface area contributed by atoms with Crippen LogP contribution < -0.4 is 10.6 Å². The summed E-state index contributed by atoms with van der Waals surface area (Å²) in [5.41, 5.74) is 0. The summed E-state index contributed by atoms with van der Waals surface area (Å²) < 4.78 is 0.361. The summed E-state index contributed by atoms with van der Waals surface area (Å²) >= 11 is 1.97. The summed E-state index contributed by atoms with van der Waals surface area (Å²) in [7, 11) is 0. The Kier molecular flexibility index (Phi) is 4.11. The number of hydrogen-bond donors (Lipinski definition) is 2. The van der Waals surface area contributed by atoms with Crippen molar-refractivity contribution >= 4 is 17.7 Å². The fourth-order valence-electron chi connectivity index (χ4n) is 1.19. The normalized spacial score (nSPS) is 21.7. The van der Waals surface area contributed by atoms with E-state index >= 15 is 0 Å². The number of nitrogens with one attached hydrogen (secondary N) is 2. The van der Waals surface area contributed by atoms with Crippen LogP contribution >= 0.6 is 11.8 Å². The standard InChI is InChI=1S/C10H21N3S/c1-8-7-12-9(13-8)11-5-6-14-10(2,3)4/h8H,5-7H2,1-4H3,(H2,11,12,13). The maximum absolute atomic E-state index is 4.34. The molecule has 0 aromatic heterocycles. The van der Waals surface area contributed by atoms with Crippen molar-refractivity contribution in [2.24, 2.45) is 4.99 Å². The van der Waals surface area contributed by atoms with Crippen LogP contribution in [-0.4, -0.2) is 35.6 Å². The third kappa shape index (κ3) is 4.74. The van der Waals surface area contributed by atoms with Crippen molar-refractivity contribution in [1.29, 1.82) is 0 Å². The molecular formula is C10H21N3S. The van der Waals surface area contributed by atoms with Crippen LogP contribution in [0.1, 0.15) is 27.7 Å². The van der Waals surface area contributed by atoms with E-state index in [4.69, 9.17) is 0 Å². The smallest absolute Gasteiger partial charge is 0.191 e. The second-order valence-electron chi connectivity index (χ2n) is 4.62. The minimum absolute atomic E-state index is 0.361. The Bertz CT molecular complexity index is 208. The van der Waals surface area contributed by atoms with Gasteiger partial charge in [0, 0.05) is 23.1 Å². The second kappa shape index (κ2) is 4.91. The highest BCUT2D eigenvalue weighted by atomic mass is 32.2. The van der Waals surface area contributed by atoms with Gasteiger partial charge in [-0.3, -0.25) is 4.99 Å². The first-order valence-corrected chi connectivity index (χ1v) is 6.15. The Morgan fingerprint density at radius 3 is 2.79 bits per heavy atom. The molecule has 1 rings (SSSR count). The van der Waals surface area contributed by atoms with Crippen LogP contribution in [0.2, 0.25) is 0 Å². The zero-order valence-corrected chi connectivity index (χ0v) is 10.4. The highest BCUT2D eigenvalue weighted by Crippen LogP contribution is 2.21. The van der Waals surface area contributed by atoms with Crippen molar-refractivity contribution < 1.29 is 0 Å². The summed E-state index contributed by atoms with van der Waals surface area (Å²) in [6.07, 6.45) is 0. The predicted octanol–water partition coefficient (Wildman–Crippen LogP) is 1.46. The third-order valence-electron chi connectivity index (χ3n) is 1.84. The van der Waals surface area contributed by atoms with Gasteiger partial charge in [0.1, 0.15) is 0 Å². The van der Waals surface area contributed by atoms with Gasteiger partial charge in [-0.05, 0) is 6.92 Å². The quantitative estimate of drug-likeness (QED) is 0.700. The number of thioether (sulfide) groups is 1. The van der Waals surface area contributed by atoms with Gasteiger partial charge in [-0.25, -0.2) is 0 Å². The second-order valence-corrected chi connectivity index (χ2v) is 6.54. The van der Waals surface area contributed by atoms with Crippen LogP contribution in [0.4, 0.5) is 0 Å². The zero-order chi connectivity index (χ0) is 10.6. The molecule has 1 aliphatic rings. The minimum Gasteiger partial charge on any atom is -0.356 e. The van der Waals surface area contributed by atoms with Crippen LogP contribution in [-0.2, 0) is 0 Å². The number of hydrogen-bond acceptors (Lipinski definition) is 4. The number of rotatable bonds is 3. The average molecular weight is 215 g/mol. The minimum atomic E-state index is 0.361. The van der Waals surface area contributed by atoms with E-state index in [1.807, 2.05) is 11.8 Å². The fraction of sp³-hybridized carbons (Fsp3) is 0.900. The molecular weight excluding hydrogens is 194 g/mol. The summed E-state index contributed by atoms with van der Waals surface area (Å²) in [6.45, 7) is 10.7. The number of guanidine groups is 1. The molecule has 0 saturated heterocycles. The largest absolute Gasteiger partial charge is 0.356 e. The monoisotopic (exact) mass is 215 g/mol. The first-order valence-electron chi connectivity index (χ1n) is 5.16. The molecule has 4 heteroatoms. The molecule has 3 nitrogen and oxygen atoms in total. The summed E-state index contributed by atoms with van der Waals surface area (Å²) in [6, 6.07) is 0.493. The van der Waals surface area contributed by atoms with Crippen molar-refractivity contribution in [2.45, 2.75) is 38.5 Å². The van der Waals surface area contributed by atoms with Gasteiger partial charge in [-0.15, -0.1) is 0 Å². The molecule has 0 spiro atoms. The summed E-state index contributed by atoms with van der Waals surface area (Å²) in [4.78, 5) is 4.34. The zero-order valence-electron chi connectivity index (χ0n) is 9.55. The van der Waals surface area contributed by atoms with Gasteiger partial charge < -0.3 is 10.6 Å². The van der Waals surface area contributed by atoms with E-state index in [2.05, 4.69) is 43.3 Å². The van der Waals surface area contributed by atoms with Gasteiger partial charge in [-0.2, -0.15) is 11.8 Å². The Morgan fingerprint density at radius 2 is 2.29 bits per heavy atom. The molecule has 0 fully saturated rings. The van der Waals surface area contributed by atoms with E-state index in [0.29, 0.717) is 10.8 Å². The molecule has 0 radical (unpaired) electrons. The maximum atomic E-state index is 4.34. The van der Waals surface area contributed by atoms with E-state index in [1.54, 1.807) is 0 Å². The topological polar surface area (TPSA) is 36.4 Å². The molecule has 0 bridgehead atoms. The lowest BCUT2D eigenvalue weighted by Crippen LogP contribution is -2.38. The molecule has 82 valence electrons. The number of aliphatic imine (C=N–C) groups is 1. The van der Waals surface area contributed by atoms with E-state index in [9.17, 15) is 0 Å². The summed E-state index contributed by atoms with van der Waals surface area (Å²) in [5.74, 6) is 2.09. The fourth-order valence-corrected chi connectivity index (χ4v) is 2.00. The molecule has 14 heavy (non-hydrogen) atoms. The Hall–Kier alpha value is -0.380. The molecule has 0 aromatic carbocycles. The van der Waals surface area contributed by atoms with Gasteiger partial charge in [0.05, 0.1) is 6.54 Å². The van der Waals surface area contributed by atoms with Crippen molar-refractivity contribution in [3.05, 3.63) is 0 Å². The Morgan fingerprint density at radius 1 is 1.57 bits per heavy atom. The average Bonchev–Trinajstić information content (AvgIpc) is 2.44. The van der Waals surface area contributed by atoms with Crippen LogP contribution in [0.3, 0.4) is 0 Å². The molecule has 2 N–H and O–H groups in total. The SMILES string of the molecule is CC1CN=C(NCCSC(C)(C)C)N1. The van der Waals surface area contributed by atoms with Crippen LogP contribution in [0.5, 0.6) is 0 Å². The van der Waals surface area contributed by atoms with Gasteiger partial charge in [0.25, 0.3) is 0 Å². The van der Waals surface area contributed by atoms with Crippen molar-refractivity contribution in [3.63, 3.8) is 0 Å². The molecule has 1 unspecified atom stereocenters. The molecule has 0 aliphatic carbocycles. The Balaban J connectivity index is 2.05.